The van der Waals surface area contributed by atoms with Crippen LogP contribution in [-0.4, -0.2) is 5.11 Å². The van der Waals surface area contributed by atoms with Gasteiger partial charge in [0.25, 0.3) is 0 Å². The van der Waals surface area contributed by atoms with E-state index < -0.39 is 5.82 Å². The Bertz CT molecular complexity index is 584. The highest BCUT2D eigenvalue weighted by molar-refractivity contribution is 6.31. The first-order valence-electron chi connectivity index (χ1n) is 6.00. The fraction of sp³-hybridized carbons (Fsp3) is 0.200. The second-order valence-electron chi connectivity index (χ2n) is 4.10. The van der Waals surface area contributed by atoms with Crippen LogP contribution in [0.25, 0.3) is 0 Å². The van der Waals surface area contributed by atoms with E-state index in [-0.39, 0.29) is 12.4 Å². The van der Waals surface area contributed by atoms with Crippen molar-refractivity contribution in [3.8, 4) is 11.5 Å². The summed E-state index contributed by atoms with van der Waals surface area (Å²) in [5.74, 6) is 0.0509. The Morgan fingerprint density at radius 1 is 1.21 bits per heavy atom. The van der Waals surface area contributed by atoms with Crippen LogP contribution in [0.2, 0.25) is 5.02 Å². The Balaban J connectivity index is 2.36. The van der Waals surface area contributed by atoms with Crippen LogP contribution in [0.3, 0.4) is 0 Å². The Morgan fingerprint density at radius 2 is 2.00 bits per heavy atom. The van der Waals surface area contributed by atoms with Crippen molar-refractivity contribution in [3.05, 3.63) is 58.4 Å². The topological polar surface area (TPSA) is 29.5 Å². The van der Waals surface area contributed by atoms with Crippen LogP contribution >= 0.6 is 11.6 Å². The lowest BCUT2D eigenvalue weighted by atomic mass is 10.1. The maximum Gasteiger partial charge on any atom is 0.168 e. The molecule has 100 valence electrons. The summed E-state index contributed by atoms with van der Waals surface area (Å²) in [7, 11) is 0. The summed E-state index contributed by atoms with van der Waals surface area (Å²) < 4.78 is 19.3. The maximum absolute atomic E-state index is 13.7. The Hall–Kier alpha value is -1.58. The van der Waals surface area contributed by atoms with E-state index in [2.05, 4.69) is 0 Å². The maximum atomic E-state index is 13.7. The molecule has 2 aromatic rings. The lowest BCUT2D eigenvalue weighted by Crippen LogP contribution is -1.95. The van der Waals surface area contributed by atoms with Gasteiger partial charge in [-0.1, -0.05) is 30.7 Å². The van der Waals surface area contributed by atoms with Crippen molar-refractivity contribution in [1.82, 2.24) is 0 Å². The zero-order valence-electron chi connectivity index (χ0n) is 10.5. The molecular formula is C15H14ClFO2. The lowest BCUT2D eigenvalue weighted by molar-refractivity contribution is 0.274. The van der Waals surface area contributed by atoms with E-state index >= 15 is 0 Å². The van der Waals surface area contributed by atoms with E-state index in [9.17, 15) is 9.50 Å². The molecule has 0 bridgehead atoms. The van der Waals surface area contributed by atoms with Gasteiger partial charge in [-0.25, -0.2) is 4.39 Å². The zero-order chi connectivity index (χ0) is 13.8. The molecule has 4 heteroatoms. The summed E-state index contributed by atoms with van der Waals surface area (Å²) >= 11 is 6.02. The fourth-order valence-corrected chi connectivity index (χ4v) is 2.05. The molecule has 0 unspecified atom stereocenters. The van der Waals surface area contributed by atoms with Crippen molar-refractivity contribution in [3.63, 3.8) is 0 Å². The van der Waals surface area contributed by atoms with Crippen LogP contribution in [0, 0.1) is 5.82 Å². The number of ether oxygens (including phenoxy) is 1. The molecule has 2 nitrogen and oxygen atoms in total. The van der Waals surface area contributed by atoms with Gasteiger partial charge < -0.3 is 9.84 Å². The van der Waals surface area contributed by atoms with Crippen LogP contribution in [0.4, 0.5) is 4.39 Å². The van der Waals surface area contributed by atoms with Crippen molar-refractivity contribution in [2.75, 3.05) is 0 Å². The molecule has 0 fully saturated rings. The molecule has 2 rings (SSSR count). The molecule has 0 radical (unpaired) electrons. The Morgan fingerprint density at radius 3 is 2.68 bits per heavy atom. The summed E-state index contributed by atoms with van der Waals surface area (Å²) in [4.78, 5) is 0. The number of halogens is 2. The van der Waals surface area contributed by atoms with Crippen LogP contribution < -0.4 is 4.74 Å². The number of hydrogen-bond acceptors (Lipinski definition) is 2. The molecule has 0 aliphatic heterocycles. The molecule has 19 heavy (non-hydrogen) atoms. The Kier molecular flexibility index (Phi) is 4.40. The normalized spacial score (nSPS) is 10.5. The summed E-state index contributed by atoms with van der Waals surface area (Å²) in [6.07, 6.45) is 0.764. The van der Waals surface area contributed by atoms with Gasteiger partial charge in [0.2, 0.25) is 0 Å². The molecular weight excluding hydrogens is 267 g/mol. The SMILES string of the molecule is CCc1cc(Oc2c(F)cccc2CO)ccc1Cl. The van der Waals surface area contributed by atoms with Gasteiger partial charge in [-0.2, -0.15) is 0 Å². The highest BCUT2D eigenvalue weighted by Gasteiger charge is 2.11. The average molecular weight is 281 g/mol. The molecule has 0 saturated heterocycles. The molecule has 0 saturated carbocycles. The van der Waals surface area contributed by atoms with Gasteiger partial charge in [-0.15, -0.1) is 0 Å². The minimum absolute atomic E-state index is 0.0503. The quantitative estimate of drug-likeness (QED) is 0.903. The molecule has 0 heterocycles. The van der Waals surface area contributed by atoms with Gasteiger partial charge in [0, 0.05) is 10.6 Å². The van der Waals surface area contributed by atoms with Crippen LogP contribution in [0.5, 0.6) is 11.5 Å². The highest BCUT2D eigenvalue weighted by Crippen LogP contribution is 2.30. The second kappa shape index (κ2) is 6.04. The van der Waals surface area contributed by atoms with Gasteiger partial charge >= 0.3 is 0 Å². The standard InChI is InChI=1S/C15H14ClFO2/c1-2-10-8-12(6-7-13(10)16)19-15-11(9-18)4-3-5-14(15)17/h3-8,18H,2,9H2,1H3. The number of hydrogen-bond donors (Lipinski definition) is 1. The fourth-order valence-electron chi connectivity index (χ4n) is 1.80. The van der Waals surface area contributed by atoms with Gasteiger partial charge in [0.1, 0.15) is 5.75 Å². The average Bonchev–Trinajstić information content (AvgIpc) is 2.43. The molecule has 1 N–H and O–H groups in total. The summed E-state index contributed by atoms with van der Waals surface area (Å²) in [5.41, 5.74) is 1.34. The smallest absolute Gasteiger partial charge is 0.168 e. The number of para-hydroxylation sites is 1. The molecule has 0 aromatic heterocycles. The van der Waals surface area contributed by atoms with Gasteiger partial charge in [-0.3, -0.25) is 0 Å². The van der Waals surface area contributed by atoms with Crippen molar-refractivity contribution in [1.29, 1.82) is 0 Å². The van der Waals surface area contributed by atoms with Crippen molar-refractivity contribution in [2.45, 2.75) is 20.0 Å². The van der Waals surface area contributed by atoms with Crippen molar-refractivity contribution >= 4 is 11.6 Å². The van der Waals surface area contributed by atoms with E-state index in [1.54, 1.807) is 24.3 Å². The number of rotatable bonds is 4. The summed E-state index contributed by atoms with van der Waals surface area (Å²) in [6, 6.07) is 9.62. The first-order chi connectivity index (χ1) is 9.15. The molecule has 2 aromatic carbocycles. The number of aliphatic hydroxyl groups excluding tert-OH is 1. The Labute approximate surface area is 116 Å². The molecule has 0 amide bonds. The van der Waals surface area contributed by atoms with E-state index in [1.165, 1.54) is 12.1 Å². The number of benzene rings is 2. The minimum Gasteiger partial charge on any atom is -0.454 e. The third-order valence-corrected chi connectivity index (χ3v) is 3.21. The minimum atomic E-state index is -0.500. The van der Waals surface area contributed by atoms with Gasteiger partial charge in [0.15, 0.2) is 11.6 Å². The summed E-state index contributed by atoms with van der Waals surface area (Å²) in [6.45, 7) is 1.70. The van der Waals surface area contributed by atoms with Crippen LogP contribution in [-0.2, 0) is 13.0 Å². The predicted octanol–water partition coefficient (Wildman–Crippen LogP) is 4.33. The largest absolute Gasteiger partial charge is 0.454 e. The lowest BCUT2D eigenvalue weighted by Gasteiger charge is -2.12. The highest BCUT2D eigenvalue weighted by atomic mass is 35.5. The monoisotopic (exact) mass is 280 g/mol. The van der Waals surface area contributed by atoms with E-state index in [4.69, 9.17) is 16.3 Å². The first-order valence-corrected chi connectivity index (χ1v) is 6.38. The van der Waals surface area contributed by atoms with Gasteiger partial charge in [-0.05, 0) is 36.2 Å². The van der Waals surface area contributed by atoms with E-state index in [0.29, 0.717) is 16.3 Å². The van der Waals surface area contributed by atoms with Crippen LogP contribution in [0.1, 0.15) is 18.1 Å². The predicted molar refractivity (Wildman–Crippen MR) is 73.2 cm³/mol. The number of aryl methyl sites for hydroxylation is 1. The summed E-state index contributed by atoms with van der Waals surface area (Å²) in [5, 5.41) is 9.86. The third kappa shape index (κ3) is 3.06. The third-order valence-electron chi connectivity index (χ3n) is 2.84. The van der Waals surface area contributed by atoms with E-state index in [0.717, 1.165) is 12.0 Å². The molecule has 0 aliphatic carbocycles. The van der Waals surface area contributed by atoms with Crippen molar-refractivity contribution in [2.24, 2.45) is 0 Å². The molecule has 0 atom stereocenters. The van der Waals surface area contributed by atoms with Crippen LogP contribution in [0.15, 0.2) is 36.4 Å². The van der Waals surface area contributed by atoms with Crippen molar-refractivity contribution < 1.29 is 14.2 Å². The molecule has 0 aliphatic rings. The van der Waals surface area contributed by atoms with E-state index in [1.807, 2.05) is 6.92 Å². The zero-order valence-corrected chi connectivity index (χ0v) is 11.2. The first kappa shape index (κ1) is 13.8. The second-order valence-corrected chi connectivity index (χ2v) is 4.50. The van der Waals surface area contributed by atoms with Gasteiger partial charge in [0.05, 0.1) is 6.61 Å². The molecule has 0 spiro atoms. The number of aliphatic hydroxyl groups is 1.